The number of carbonyl (C=O) groups excluding carboxylic acids is 2. The van der Waals surface area contributed by atoms with Crippen LogP contribution in [0.15, 0.2) is 14.8 Å². The van der Waals surface area contributed by atoms with Crippen LogP contribution in [0.2, 0.25) is 10.0 Å². The molecule has 1 atom stereocenters. The number of rotatable bonds is 5. The van der Waals surface area contributed by atoms with Crippen LogP contribution in [-0.2, 0) is 25.6 Å². The smallest absolute Gasteiger partial charge is 0.407 e. The van der Waals surface area contributed by atoms with Gasteiger partial charge in [0.2, 0.25) is 0 Å². The van der Waals surface area contributed by atoms with E-state index in [1.54, 1.807) is 20.8 Å². The Bertz CT molecular complexity index is 804. The van der Waals surface area contributed by atoms with Gasteiger partial charge in [0, 0.05) is 0 Å². The van der Waals surface area contributed by atoms with Crippen molar-refractivity contribution < 1.29 is 19.1 Å². The molecule has 0 aromatic heterocycles. The topological polar surface area (TPSA) is 101 Å². The highest BCUT2D eigenvalue weighted by atomic mass is 35.5. The summed E-state index contributed by atoms with van der Waals surface area (Å²) in [6, 6.07) is 0.584. The summed E-state index contributed by atoms with van der Waals surface area (Å²) in [6.07, 6.45) is -0.657. The predicted octanol–water partition coefficient (Wildman–Crippen LogP) is 4.20. The fourth-order valence-electron chi connectivity index (χ4n) is 2.02. The lowest BCUT2D eigenvalue weighted by Gasteiger charge is -2.23. The van der Waals surface area contributed by atoms with Crippen LogP contribution < -0.4 is 10.6 Å². The van der Waals surface area contributed by atoms with Gasteiger partial charge in [-0.2, -0.15) is 8.73 Å². The second kappa shape index (κ2) is 8.24. The molecule has 0 saturated carbocycles. The molecule has 1 unspecified atom stereocenters. The van der Waals surface area contributed by atoms with Crippen molar-refractivity contribution in [2.24, 2.45) is 8.73 Å². The first kappa shape index (κ1) is 20.5. The second-order valence-corrected chi connectivity index (χ2v) is 7.62. The summed E-state index contributed by atoms with van der Waals surface area (Å²) in [4.78, 5) is 23.9. The first-order chi connectivity index (χ1) is 12.1. The summed E-state index contributed by atoms with van der Waals surface area (Å²) in [5.74, 6) is -0.594. The van der Waals surface area contributed by atoms with E-state index in [0.29, 0.717) is 22.1 Å². The fourth-order valence-corrected chi connectivity index (χ4v) is 3.19. The van der Waals surface area contributed by atoms with E-state index in [2.05, 4.69) is 19.4 Å². The third kappa shape index (κ3) is 5.09. The number of nitrogens with zero attached hydrogens (tertiary/aromatic N) is 2. The molecule has 26 heavy (non-hydrogen) atoms. The maximum Gasteiger partial charge on any atom is 0.407 e. The Labute approximate surface area is 164 Å². The van der Waals surface area contributed by atoms with Gasteiger partial charge in [0.25, 0.3) is 0 Å². The third-order valence-corrected chi connectivity index (χ3v) is 4.21. The van der Waals surface area contributed by atoms with Crippen molar-refractivity contribution in [2.75, 3.05) is 19.0 Å². The minimum absolute atomic E-state index is 0.0837. The number of ether oxygens (including phenoxy) is 2. The SMILES string of the molecule is COC(=O)C(CNC(=O)OC(C)(C)C)Nc1c(Cl)cc(Cl)c2c1N=S=N2. The van der Waals surface area contributed by atoms with Crippen LogP contribution in [0.4, 0.5) is 21.9 Å². The van der Waals surface area contributed by atoms with E-state index in [-0.39, 0.29) is 11.6 Å². The summed E-state index contributed by atoms with van der Waals surface area (Å²) in [6.45, 7) is 5.13. The lowest BCUT2D eigenvalue weighted by molar-refractivity contribution is -0.141. The molecule has 0 spiro atoms. The zero-order valence-corrected chi connectivity index (χ0v) is 16.9. The minimum atomic E-state index is -0.920. The van der Waals surface area contributed by atoms with Gasteiger partial charge in [-0.05, 0) is 26.8 Å². The van der Waals surface area contributed by atoms with Gasteiger partial charge >= 0.3 is 12.1 Å². The summed E-state index contributed by atoms with van der Waals surface area (Å²) < 4.78 is 18.2. The minimum Gasteiger partial charge on any atom is -0.467 e. The van der Waals surface area contributed by atoms with Crippen LogP contribution in [0, 0.1) is 0 Å². The molecule has 2 N–H and O–H groups in total. The van der Waals surface area contributed by atoms with Crippen LogP contribution in [-0.4, -0.2) is 37.4 Å². The maximum atomic E-state index is 12.1. The molecule has 8 nitrogen and oxygen atoms in total. The molecule has 0 saturated heterocycles. The number of methoxy groups -OCH3 is 1. The van der Waals surface area contributed by atoms with Gasteiger partial charge in [-0.1, -0.05) is 23.2 Å². The molecule has 1 amide bonds. The van der Waals surface area contributed by atoms with Gasteiger partial charge in [0.05, 0.1) is 40.7 Å². The number of amides is 1. The van der Waals surface area contributed by atoms with Crippen molar-refractivity contribution in [1.82, 2.24) is 5.32 Å². The predicted molar refractivity (Wildman–Crippen MR) is 102 cm³/mol. The molecule has 142 valence electrons. The Hall–Kier alpha value is -1.84. The molecule has 0 bridgehead atoms. The molecule has 11 heteroatoms. The molecular formula is C15H18Cl2N4O4S. The Kier molecular flexibility index (Phi) is 6.48. The van der Waals surface area contributed by atoms with Gasteiger partial charge in [-0.25, -0.2) is 9.59 Å². The number of nitrogens with one attached hydrogen (secondary N) is 2. The number of hydrogen-bond donors (Lipinski definition) is 2. The summed E-state index contributed by atoms with van der Waals surface area (Å²) in [7, 11) is 1.24. The highest BCUT2D eigenvalue weighted by molar-refractivity contribution is 7.58. The molecule has 0 fully saturated rings. The van der Waals surface area contributed by atoms with E-state index >= 15 is 0 Å². The first-order valence-electron chi connectivity index (χ1n) is 7.54. The van der Waals surface area contributed by atoms with E-state index in [4.69, 9.17) is 32.7 Å². The second-order valence-electron chi connectivity index (χ2n) is 6.28. The lowest BCUT2D eigenvalue weighted by atomic mass is 10.2. The van der Waals surface area contributed by atoms with Crippen molar-refractivity contribution in [2.45, 2.75) is 32.4 Å². The van der Waals surface area contributed by atoms with E-state index in [9.17, 15) is 9.59 Å². The van der Waals surface area contributed by atoms with Crippen LogP contribution in [0.25, 0.3) is 0 Å². The van der Waals surface area contributed by atoms with Crippen molar-refractivity contribution in [1.29, 1.82) is 0 Å². The Morgan fingerprint density at radius 2 is 1.88 bits per heavy atom. The normalized spacial score (nSPS) is 13.5. The van der Waals surface area contributed by atoms with Crippen LogP contribution >= 0.6 is 23.2 Å². The van der Waals surface area contributed by atoms with Crippen molar-refractivity contribution in [3.63, 3.8) is 0 Å². The molecular weight excluding hydrogens is 403 g/mol. The fraction of sp³-hybridized carbons (Fsp3) is 0.467. The van der Waals surface area contributed by atoms with Crippen LogP contribution in [0.3, 0.4) is 0 Å². The molecule has 1 aliphatic rings. The van der Waals surface area contributed by atoms with Crippen LogP contribution in [0.1, 0.15) is 20.8 Å². The zero-order valence-electron chi connectivity index (χ0n) is 14.6. The van der Waals surface area contributed by atoms with Gasteiger partial charge in [0.15, 0.2) is 0 Å². The highest BCUT2D eigenvalue weighted by Gasteiger charge is 2.26. The Morgan fingerprint density at radius 3 is 2.50 bits per heavy atom. The zero-order chi connectivity index (χ0) is 19.5. The Balaban J connectivity index is 2.18. The average molecular weight is 421 g/mol. The number of benzene rings is 1. The third-order valence-electron chi connectivity index (χ3n) is 3.10. The van der Waals surface area contributed by atoms with E-state index < -0.39 is 23.7 Å². The van der Waals surface area contributed by atoms with Gasteiger partial charge in [0.1, 0.15) is 23.0 Å². The molecule has 0 aliphatic carbocycles. The quantitative estimate of drug-likeness (QED) is 0.705. The molecule has 2 rings (SSSR count). The summed E-state index contributed by atoms with van der Waals surface area (Å²) >= 11 is 13.3. The average Bonchev–Trinajstić information content (AvgIpc) is 3.01. The number of esters is 1. The van der Waals surface area contributed by atoms with E-state index in [1.807, 2.05) is 0 Å². The standard InChI is InChI=1S/C15H18Cl2N4O4S/c1-15(2,3)25-14(23)18-6-9(13(22)24-4)19-10-7(16)5-8(17)11-12(10)21-26-20-11/h5,9,19H,6H2,1-4H3,(H,18,23). The van der Waals surface area contributed by atoms with Gasteiger partial charge in [-0.15, -0.1) is 0 Å². The van der Waals surface area contributed by atoms with Crippen molar-refractivity contribution in [3.05, 3.63) is 16.1 Å². The van der Waals surface area contributed by atoms with Crippen molar-refractivity contribution in [3.8, 4) is 0 Å². The molecule has 1 aliphatic heterocycles. The maximum absolute atomic E-state index is 12.1. The number of halogens is 2. The van der Waals surface area contributed by atoms with E-state index in [0.717, 1.165) is 11.4 Å². The number of alkyl carbamates (subject to hydrolysis) is 1. The summed E-state index contributed by atoms with van der Waals surface area (Å²) in [5.41, 5.74) is 0.614. The van der Waals surface area contributed by atoms with E-state index in [1.165, 1.54) is 13.2 Å². The monoisotopic (exact) mass is 420 g/mol. The highest BCUT2D eigenvalue weighted by Crippen LogP contribution is 2.47. The molecule has 1 aromatic carbocycles. The van der Waals surface area contributed by atoms with Gasteiger partial charge < -0.3 is 20.1 Å². The summed E-state index contributed by atoms with van der Waals surface area (Å²) in [5, 5.41) is 6.08. The van der Waals surface area contributed by atoms with Crippen LogP contribution in [0.5, 0.6) is 0 Å². The number of fused-ring (bicyclic) bond motifs is 1. The molecule has 1 heterocycles. The number of hydrogen-bond acceptors (Lipinski definition) is 7. The number of anilines is 1. The van der Waals surface area contributed by atoms with Gasteiger partial charge in [-0.3, -0.25) is 0 Å². The largest absolute Gasteiger partial charge is 0.467 e. The Morgan fingerprint density at radius 1 is 1.23 bits per heavy atom. The molecule has 1 aromatic rings. The first-order valence-corrected chi connectivity index (χ1v) is 9.02. The number of carbonyl (C=O) groups is 2. The lowest BCUT2D eigenvalue weighted by Crippen LogP contribution is -2.43. The van der Waals surface area contributed by atoms with Crippen molar-refractivity contribution >= 4 is 63.7 Å². The molecule has 0 radical (unpaired) electrons.